The average molecular weight is 313 g/mol. The second-order valence-corrected chi connectivity index (χ2v) is 5.23. The number of thioether (sulfide) groups is 1. The van der Waals surface area contributed by atoms with Crippen molar-refractivity contribution >= 4 is 23.6 Å². The van der Waals surface area contributed by atoms with Crippen molar-refractivity contribution in [2.45, 2.75) is 24.3 Å². The lowest BCUT2D eigenvalue weighted by Gasteiger charge is -2.07. The van der Waals surface area contributed by atoms with Crippen LogP contribution in [-0.2, 0) is 9.59 Å². The molecule has 0 aliphatic rings. The molecule has 1 aromatic rings. The standard InChI is InChI=1S/C14H19NO5S/c1-2-20-10-3-5-11(6-4-10)21-9-13(17)15-8-7-12(16)14(18)19/h3-6,12,16H,2,7-9H2,1H3,(H,15,17)(H,18,19)/t12-/m0/s1. The van der Waals surface area contributed by atoms with E-state index in [4.69, 9.17) is 14.9 Å². The fourth-order valence-corrected chi connectivity index (χ4v) is 2.20. The van der Waals surface area contributed by atoms with Gasteiger partial charge in [0.1, 0.15) is 5.75 Å². The first-order chi connectivity index (χ1) is 10.0. The van der Waals surface area contributed by atoms with Crippen molar-refractivity contribution in [3.63, 3.8) is 0 Å². The summed E-state index contributed by atoms with van der Waals surface area (Å²) in [5.74, 6) is -0.467. The first kappa shape index (κ1) is 17.3. The smallest absolute Gasteiger partial charge is 0.332 e. The molecule has 0 fully saturated rings. The molecule has 0 aliphatic heterocycles. The van der Waals surface area contributed by atoms with E-state index in [0.29, 0.717) is 6.61 Å². The van der Waals surface area contributed by atoms with Crippen molar-refractivity contribution in [2.75, 3.05) is 18.9 Å². The highest BCUT2D eigenvalue weighted by molar-refractivity contribution is 8.00. The Bertz CT molecular complexity index is 463. The van der Waals surface area contributed by atoms with E-state index in [-0.39, 0.29) is 24.6 Å². The molecular formula is C14H19NO5S. The Hall–Kier alpha value is -1.73. The minimum atomic E-state index is -1.44. The first-order valence-corrected chi connectivity index (χ1v) is 7.54. The number of ether oxygens (including phenoxy) is 1. The monoisotopic (exact) mass is 313 g/mol. The summed E-state index contributed by atoms with van der Waals surface area (Å²) in [6.07, 6.45) is -1.45. The number of aliphatic carboxylic acids is 1. The summed E-state index contributed by atoms with van der Waals surface area (Å²) in [6, 6.07) is 7.42. The summed E-state index contributed by atoms with van der Waals surface area (Å²) in [6.45, 7) is 2.65. The molecule has 7 heteroatoms. The van der Waals surface area contributed by atoms with Crippen molar-refractivity contribution in [3.05, 3.63) is 24.3 Å². The number of benzene rings is 1. The third-order valence-corrected chi connectivity index (χ3v) is 3.54. The van der Waals surface area contributed by atoms with E-state index >= 15 is 0 Å². The maximum Gasteiger partial charge on any atom is 0.332 e. The predicted molar refractivity (Wildman–Crippen MR) is 79.6 cm³/mol. The van der Waals surface area contributed by atoms with E-state index in [1.807, 2.05) is 31.2 Å². The van der Waals surface area contributed by atoms with E-state index in [1.165, 1.54) is 11.8 Å². The number of aliphatic hydroxyl groups is 1. The van der Waals surface area contributed by atoms with E-state index < -0.39 is 12.1 Å². The van der Waals surface area contributed by atoms with Crippen LogP contribution in [0.3, 0.4) is 0 Å². The third kappa shape index (κ3) is 7.01. The molecular weight excluding hydrogens is 294 g/mol. The molecule has 3 N–H and O–H groups in total. The molecule has 0 spiro atoms. The van der Waals surface area contributed by atoms with Crippen LogP contribution >= 0.6 is 11.8 Å². The van der Waals surface area contributed by atoms with E-state index in [0.717, 1.165) is 10.6 Å². The summed E-state index contributed by atoms with van der Waals surface area (Å²) in [7, 11) is 0. The number of amides is 1. The zero-order chi connectivity index (χ0) is 15.7. The van der Waals surface area contributed by atoms with Crippen LogP contribution in [0.5, 0.6) is 5.75 Å². The fourth-order valence-electron chi connectivity index (χ4n) is 1.47. The second-order valence-electron chi connectivity index (χ2n) is 4.19. The Morgan fingerprint density at radius 1 is 1.33 bits per heavy atom. The summed E-state index contributed by atoms with van der Waals surface area (Å²) in [5.41, 5.74) is 0. The molecule has 1 atom stereocenters. The van der Waals surface area contributed by atoms with Crippen LogP contribution in [0.2, 0.25) is 0 Å². The minimum absolute atomic E-state index is 0.00517. The lowest BCUT2D eigenvalue weighted by Crippen LogP contribution is -2.31. The SMILES string of the molecule is CCOc1ccc(SCC(=O)NCC[C@H](O)C(=O)O)cc1. The molecule has 1 amide bonds. The lowest BCUT2D eigenvalue weighted by molar-refractivity contribution is -0.147. The number of carboxylic acids is 1. The van der Waals surface area contributed by atoms with Crippen LogP contribution in [-0.4, -0.2) is 47.1 Å². The number of aliphatic hydroxyl groups excluding tert-OH is 1. The molecule has 0 heterocycles. The van der Waals surface area contributed by atoms with Gasteiger partial charge in [-0.15, -0.1) is 11.8 Å². The van der Waals surface area contributed by atoms with Crippen molar-refractivity contribution in [3.8, 4) is 5.75 Å². The van der Waals surface area contributed by atoms with E-state index in [9.17, 15) is 9.59 Å². The molecule has 0 aliphatic carbocycles. The van der Waals surface area contributed by atoms with Gasteiger partial charge in [-0.1, -0.05) is 0 Å². The van der Waals surface area contributed by atoms with Crippen molar-refractivity contribution < 1.29 is 24.5 Å². The predicted octanol–water partition coefficient (Wildman–Crippen LogP) is 1.13. The summed E-state index contributed by atoms with van der Waals surface area (Å²) in [4.78, 5) is 22.9. The fraction of sp³-hybridized carbons (Fsp3) is 0.429. The van der Waals surface area contributed by atoms with Gasteiger partial charge in [-0.25, -0.2) is 4.79 Å². The van der Waals surface area contributed by atoms with Crippen LogP contribution in [0.15, 0.2) is 29.2 Å². The second kappa shape index (κ2) is 9.25. The van der Waals surface area contributed by atoms with Gasteiger partial charge >= 0.3 is 5.97 Å². The Labute approximate surface area is 127 Å². The Balaban J connectivity index is 2.24. The van der Waals surface area contributed by atoms with Crippen molar-refractivity contribution in [1.29, 1.82) is 0 Å². The first-order valence-electron chi connectivity index (χ1n) is 6.56. The van der Waals surface area contributed by atoms with Crippen LogP contribution < -0.4 is 10.1 Å². The zero-order valence-corrected chi connectivity index (χ0v) is 12.6. The molecule has 0 radical (unpaired) electrons. The number of carbonyl (C=O) groups is 2. The molecule has 1 aromatic carbocycles. The van der Waals surface area contributed by atoms with Gasteiger partial charge in [0.25, 0.3) is 0 Å². The third-order valence-electron chi connectivity index (χ3n) is 2.53. The molecule has 0 aromatic heterocycles. The zero-order valence-electron chi connectivity index (χ0n) is 11.7. The molecule has 0 bridgehead atoms. The van der Waals surface area contributed by atoms with Crippen LogP contribution in [0, 0.1) is 0 Å². The quantitative estimate of drug-likeness (QED) is 0.592. The van der Waals surface area contributed by atoms with Gasteiger partial charge in [-0.3, -0.25) is 4.79 Å². The summed E-state index contributed by atoms with van der Waals surface area (Å²) in [5, 5.41) is 20.1. The maximum absolute atomic E-state index is 11.6. The maximum atomic E-state index is 11.6. The highest BCUT2D eigenvalue weighted by atomic mass is 32.2. The largest absolute Gasteiger partial charge is 0.494 e. The van der Waals surface area contributed by atoms with E-state index in [1.54, 1.807) is 0 Å². The van der Waals surface area contributed by atoms with Gasteiger partial charge in [0.15, 0.2) is 6.10 Å². The summed E-state index contributed by atoms with van der Waals surface area (Å²) < 4.78 is 5.32. The van der Waals surface area contributed by atoms with Gasteiger partial charge in [-0.2, -0.15) is 0 Å². The van der Waals surface area contributed by atoms with Gasteiger partial charge in [0.2, 0.25) is 5.91 Å². The Morgan fingerprint density at radius 2 is 2.00 bits per heavy atom. The Morgan fingerprint density at radius 3 is 2.57 bits per heavy atom. The minimum Gasteiger partial charge on any atom is -0.494 e. The van der Waals surface area contributed by atoms with Crippen LogP contribution in [0.25, 0.3) is 0 Å². The summed E-state index contributed by atoms with van der Waals surface area (Å²) >= 11 is 1.37. The van der Waals surface area contributed by atoms with Gasteiger partial charge in [0, 0.05) is 17.9 Å². The number of nitrogens with one attached hydrogen (secondary N) is 1. The van der Waals surface area contributed by atoms with Gasteiger partial charge < -0.3 is 20.3 Å². The van der Waals surface area contributed by atoms with Crippen LogP contribution in [0.4, 0.5) is 0 Å². The molecule has 116 valence electrons. The number of rotatable bonds is 9. The molecule has 21 heavy (non-hydrogen) atoms. The van der Waals surface area contributed by atoms with Crippen molar-refractivity contribution in [2.24, 2.45) is 0 Å². The van der Waals surface area contributed by atoms with Crippen LogP contribution in [0.1, 0.15) is 13.3 Å². The topological polar surface area (TPSA) is 95.9 Å². The molecule has 6 nitrogen and oxygen atoms in total. The van der Waals surface area contributed by atoms with Gasteiger partial charge in [-0.05, 0) is 31.2 Å². The molecule has 0 saturated carbocycles. The Kier molecular flexibility index (Phi) is 7.63. The molecule has 0 unspecified atom stereocenters. The normalized spacial score (nSPS) is 11.7. The number of carboxylic acid groups (broad SMARTS) is 1. The number of hydrogen-bond donors (Lipinski definition) is 3. The van der Waals surface area contributed by atoms with E-state index in [2.05, 4.69) is 5.32 Å². The highest BCUT2D eigenvalue weighted by Crippen LogP contribution is 2.21. The van der Waals surface area contributed by atoms with Gasteiger partial charge in [0.05, 0.1) is 12.4 Å². The lowest BCUT2D eigenvalue weighted by atomic mass is 10.2. The molecule has 1 rings (SSSR count). The van der Waals surface area contributed by atoms with Crippen molar-refractivity contribution in [1.82, 2.24) is 5.32 Å². The number of carbonyl (C=O) groups excluding carboxylic acids is 1. The number of hydrogen-bond acceptors (Lipinski definition) is 5. The highest BCUT2D eigenvalue weighted by Gasteiger charge is 2.12. The molecule has 0 saturated heterocycles. The average Bonchev–Trinajstić information content (AvgIpc) is 2.46.